The van der Waals surface area contributed by atoms with Crippen molar-refractivity contribution in [3.63, 3.8) is 0 Å². The summed E-state index contributed by atoms with van der Waals surface area (Å²) in [6.07, 6.45) is 0. The molecule has 0 amide bonds. The van der Waals surface area contributed by atoms with Crippen LogP contribution in [0.1, 0.15) is 19.4 Å². The second kappa shape index (κ2) is 6.92. The lowest BCUT2D eigenvalue weighted by Gasteiger charge is -2.14. The fraction of sp³-hybridized carbons (Fsp3) is 0.294. The van der Waals surface area contributed by atoms with Crippen LogP contribution in [0.25, 0.3) is 11.1 Å². The van der Waals surface area contributed by atoms with Crippen LogP contribution < -0.4 is 10.1 Å². The molecule has 0 saturated heterocycles. The maximum Gasteiger partial charge on any atom is 0.138 e. The smallest absolute Gasteiger partial charge is 0.138 e. The van der Waals surface area contributed by atoms with Gasteiger partial charge in [-0.05, 0) is 41.0 Å². The third kappa shape index (κ3) is 3.96. The van der Waals surface area contributed by atoms with E-state index in [0.717, 1.165) is 16.7 Å². The van der Waals surface area contributed by atoms with Crippen molar-refractivity contribution in [2.45, 2.75) is 26.4 Å². The highest BCUT2D eigenvalue weighted by molar-refractivity contribution is 6.32. The number of ether oxygens (including phenoxy) is 1. The molecule has 0 atom stereocenters. The summed E-state index contributed by atoms with van der Waals surface area (Å²) < 4.78 is 18.8. The van der Waals surface area contributed by atoms with E-state index < -0.39 is 0 Å². The Kier molecular flexibility index (Phi) is 5.21. The van der Waals surface area contributed by atoms with Crippen LogP contribution in [0.15, 0.2) is 36.4 Å². The topological polar surface area (TPSA) is 21.3 Å². The minimum Gasteiger partial charge on any atom is -0.495 e. The number of rotatable bonds is 5. The molecular formula is C17H19ClFNO. The Bertz CT molecular complexity index is 628. The third-order valence-corrected chi connectivity index (χ3v) is 3.55. The van der Waals surface area contributed by atoms with Crippen LogP contribution in [0, 0.1) is 5.82 Å². The van der Waals surface area contributed by atoms with Crippen LogP contribution in [0.4, 0.5) is 4.39 Å². The van der Waals surface area contributed by atoms with Gasteiger partial charge in [-0.1, -0.05) is 37.6 Å². The van der Waals surface area contributed by atoms with E-state index in [1.807, 2.05) is 12.1 Å². The molecule has 112 valence electrons. The Hall–Kier alpha value is -1.58. The van der Waals surface area contributed by atoms with Crippen molar-refractivity contribution in [1.82, 2.24) is 5.32 Å². The largest absolute Gasteiger partial charge is 0.495 e. The van der Waals surface area contributed by atoms with Gasteiger partial charge in [-0.3, -0.25) is 0 Å². The van der Waals surface area contributed by atoms with Gasteiger partial charge in [0.25, 0.3) is 0 Å². The molecular weight excluding hydrogens is 289 g/mol. The van der Waals surface area contributed by atoms with Gasteiger partial charge in [0.2, 0.25) is 0 Å². The average Bonchev–Trinajstić information content (AvgIpc) is 2.46. The van der Waals surface area contributed by atoms with Crippen LogP contribution >= 0.6 is 11.6 Å². The summed E-state index contributed by atoms with van der Waals surface area (Å²) in [4.78, 5) is 0. The Labute approximate surface area is 129 Å². The van der Waals surface area contributed by atoms with Crippen molar-refractivity contribution in [1.29, 1.82) is 0 Å². The van der Waals surface area contributed by atoms with Gasteiger partial charge in [-0.25, -0.2) is 4.39 Å². The number of methoxy groups -OCH3 is 1. The summed E-state index contributed by atoms with van der Waals surface area (Å²) in [5.41, 5.74) is 2.77. The molecule has 0 spiro atoms. The van der Waals surface area contributed by atoms with Crippen LogP contribution in [0.2, 0.25) is 5.02 Å². The third-order valence-electron chi connectivity index (χ3n) is 3.23. The van der Waals surface area contributed by atoms with E-state index in [9.17, 15) is 4.39 Å². The zero-order valence-corrected chi connectivity index (χ0v) is 13.2. The second-order valence-corrected chi connectivity index (χ2v) is 5.59. The Morgan fingerprint density at radius 2 is 1.95 bits per heavy atom. The highest BCUT2D eigenvalue weighted by Gasteiger charge is 2.10. The number of hydrogen-bond acceptors (Lipinski definition) is 2. The fourth-order valence-electron chi connectivity index (χ4n) is 2.11. The lowest BCUT2D eigenvalue weighted by atomic mass is 9.99. The quantitative estimate of drug-likeness (QED) is 0.868. The molecule has 2 aromatic rings. The SMILES string of the molecule is COc1cc(-c2cc(F)ccc2CNC(C)C)ccc1Cl. The molecule has 0 fully saturated rings. The highest BCUT2D eigenvalue weighted by Crippen LogP contribution is 2.32. The van der Waals surface area contributed by atoms with Gasteiger partial charge in [-0.15, -0.1) is 0 Å². The molecule has 4 heteroatoms. The first-order valence-electron chi connectivity index (χ1n) is 6.87. The normalized spacial score (nSPS) is 11.0. The molecule has 0 radical (unpaired) electrons. The van der Waals surface area contributed by atoms with E-state index in [2.05, 4.69) is 19.2 Å². The fourth-order valence-corrected chi connectivity index (χ4v) is 2.31. The number of nitrogens with one attached hydrogen (secondary N) is 1. The summed E-state index contributed by atoms with van der Waals surface area (Å²) in [6, 6.07) is 10.7. The zero-order valence-electron chi connectivity index (χ0n) is 12.4. The number of hydrogen-bond donors (Lipinski definition) is 1. The first-order chi connectivity index (χ1) is 10.0. The summed E-state index contributed by atoms with van der Waals surface area (Å²) in [7, 11) is 1.57. The average molecular weight is 308 g/mol. The Balaban J connectivity index is 2.43. The summed E-state index contributed by atoms with van der Waals surface area (Å²) in [5.74, 6) is 0.327. The van der Waals surface area contributed by atoms with Crippen molar-refractivity contribution in [2.75, 3.05) is 7.11 Å². The maximum absolute atomic E-state index is 13.6. The van der Waals surface area contributed by atoms with Crippen molar-refractivity contribution in [3.05, 3.63) is 52.8 Å². The van der Waals surface area contributed by atoms with E-state index >= 15 is 0 Å². The number of halogens is 2. The molecule has 0 aliphatic rings. The summed E-state index contributed by atoms with van der Waals surface area (Å²) in [6.45, 7) is 4.83. The van der Waals surface area contributed by atoms with Crippen molar-refractivity contribution >= 4 is 11.6 Å². The number of benzene rings is 2. The lowest BCUT2D eigenvalue weighted by Crippen LogP contribution is -2.22. The molecule has 2 nitrogen and oxygen atoms in total. The Morgan fingerprint density at radius 1 is 1.19 bits per heavy atom. The summed E-state index contributed by atoms with van der Waals surface area (Å²) in [5, 5.41) is 3.89. The highest BCUT2D eigenvalue weighted by atomic mass is 35.5. The van der Waals surface area contributed by atoms with E-state index in [1.54, 1.807) is 25.3 Å². The molecule has 21 heavy (non-hydrogen) atoms. The van der Waals surface area contributed by atoms with E-state index in [1.165, 1.54) is 6.07 Å². The van der Waals surface area contributed by atoms with Gasteiger partial charge in [0.15, 0.2) is 0 Å². The second-order valence-electron chi connectivity index (χ2n) is 5.19. The van der Waals surface area contributed by atoms with E-state index in [4.69, 9.17) is 16.3 Å². The predicted octanol–water partition coefficient (Wildman–Crippen LogP) is 4.65. The summed E-state index contributed by atoms with van der Waals surface area (Å²) >= 11 is 6.05. The molecule has 0 aliphatic carbocycles. The van der Waals surface area contributed by atoms with Gasteiger partial charge in [0, 0.05) is 12.6 Å². The molecule has 2 rings (SSSR count). The predicted molar refractivity (Wildman–Crippen MR) is 85.4 cm³/mol. The molecule has 1 N–H and O–H groups in total. The van der Waals surface area contributed by atoms with Crippen LogP contribution in [0.5, 0.6) is 5.75 Å². The molecule has 0 unspecified atom stereocenters. The van der Waals surface area contributed by atoms with Gasteiger partial charge >= 0.3 is 0 Å². The maximum atomic E-state index is 13.6. The molecule has 0 heterocycles. The van der Waals surface area contributed by atoms with Crippen molar-refractivity contribution in [2.24, 2.45) is 0 Å². The monoisotopic (exact) mass is 307 g/mol. The van der Waals surface area contributed by atoms with E-state index in [-0.39, 0.29) is 5.82 Å². The minimum atomic E-state index is -0.257. The van der Waals surface area contributed by atoms with Crippen LogP contribution in [-0.4, -0.2) is 13.2 Å². The van der Waals surface area contributed by atoms with Crippen molar-refractivity contribution < 1.29 is 9.13 Å². The first kappa shape index (κ1) is 15.8. The van der Waals surface area contributed by atoms with Gasteiger partial charge < -0.3 is 10.1 Å². The zero-order chi connectivity index (χ0) is 15.4. The molecule has 0 aliphatic heterocycles. The van der Waals surface area contributed by atoms with Gasteiger partial charge in [0.1, 0.15) is 11.6 Å². The molecule has 2 aromatic carbocycles. The van der Waals surface area contributed by atoms with Crippen LogP contribution in [0.3, 0.4) is 0 Å². The molecule has 0 aromatic heterocycles. The van der Waals surface area contributed by atoms with Crippen molar-refractivity contribution in [3.8, 4) is 16.9 Å². The molecule has 0 saturated carbocycles. The molecule has 0 bridgehead atoms. The van der Waals surface area contributed by atoms with Gasteiger partial charge in [0.05, 0.1) is 12.1 Å². The Morgan fingerprint density at radius 3 is 2.62 bits per heavy atom. The minimum absolute atomic E-state index is 0.257. The van der Waals surface area contributed by atoms with E-state index in [0.29, 0.717) is 23.4 Å². The van der Waals surface area contributed by atoms with Crippen LogP contribution in [-0.2, 0) is 6.54 Å². The lowest BCUT2D eigenvalue weighted by molar-refractivity contribution is 0.415. The standard InChI is InChI=1S/C17H19ClFNO/c1-11(2)20-10-13-4-6-14(19)9-15(13)12-5-7-16(18)17(8-12)21-3/h4-9,11,20H,10H2,1-3H3. The first-order valence-corrected chi connectivity index (χ1v) is 7.24. The van der Waals surface area contributed by atoms with Gasteiger partial charge in [-0.2, -0.15) is 0 Å².